The second-order valence-corrected chi connectivity index (χ2v) is 7.91. The molecule has 0 spiro atoms. The number of hydrogen-bond donors (Lipinski definition) is 1. The summed E-state index contributed by atoms with van der Waals surface area (Å²) in [6.07, 6.45) is 0.586. The molecule has 0 fully saturated rings. The van der Waals surface area contributed by atoms with E-state index in [0.29, 0.717) is 11.4 Å². The maximum absolute atomic E-state index is 12.7. The Morgan fingerprint density at radius 1 is 1.17 bits per heavy atom. The van der Waals surface area contributed by atoms with Crippen LogP contribution in [0.3, 0.4) is 0 Å². The van der Waals surface area contributed by atoms with Gasteiger partial charge in [-0.25, -0.2) is 13.1 Å². The molecule has 0 aliphatic rings. The molecule has 0 saturated carbocycles. The first kappa shape index (κ1) is 19.1. The third-order valence-corrected chi connectivity index (χ3v) is 5.90. The predicted molar refractivity (Wildman–Crippen MR) is 97.5 cm³/mol. The number of rotatable bonds is 6. The van der Waals surface area contributed by atoms with Gasteiger partial charge in [0.05, 0.1) is 12.1 Å². The van der Waals surface area contributed by atoms with Crippen molar-refractivity contribution < 1.29 is 13.2 Å². The maximum Gasteiger partial charge on any atom is 0.242 e. The molecule has 0 amide bonds. The fourth-order valence-electron chi connectivity index (χ4n) is 2.44. The van der Waals surface area contributed by atoms with E-state index in [2.05, 4.69) is 4.72 Å². The summed E-state index contributed by atoms with van der Waals surface area (Å²) < 4.78 is 33.3. The second kappa shape index (κ2) is 7.74. The van der Waals surface area contributed by atoms with Crippen LogP contribution in [0.15, 0.2) is 41.3 Å². The summed E-state index contributed by atoms with van der Waals surface area (Å²) in [6.45, 7) is 3.82. The van der Waals surface area contributed by atoms with Crippen molar-refractivity contribution in [3.05, 3.63) is 57.6 Å². The van der Waals surface area contributed by atoms with E-state index in [9.17, 15) is 8.42 Å². The molecule has 0 heterocycles. The molecule has 7 heteroatoms. The molecule has 24 heavy (non-hydrogen) atoms. The SMILES string of the molecule is CCC(NS(=O)(=O)c1cc(Cl)ccc1Cl)c1ccc(OC)c(C)c1. The molecule has 1 unspecified atom stereocenters. The van der Waals surface area contributed by atoms with E-state index in [0.717, 1.165) is 16.9 Å². The molecule has 2 rings (SSSR count). The summed E-state index contributed by atoms with van der Waals surface area (Å²) in [5.41, 5.74) is 1.80. The Morgan fingerprint density at radius 3 is 2.46 bits per heavy atom. The minimum absolute atomic E-state index is 0.0275. The van der Waals surface area contributed by atoms with Crippen LogP contribution in [-0.2, 0) is 10.0 Å². The van der Waals surface area contributed by atoms with Crippen molar-refractivity contribution in [1.29, 1.82) is 0 Å². The van der Waals surface area contributed by atoms with Gasteiger partial charge in [0, 0.05) is 11.1 Å². The Labute approximate surface area is 152 Å². The molecule has 2 aromatic carbocycles. The molecule has 0 bridgehead atoms. The van der Waals surface area contributed by atoms with E-state index in [1.807, 2.05) is 32.0 Å². The molecule has 0 saturated heterocycles. The first-order valence-corrected chi connectivity index (χ1v) is 9.64. The van der Waals surface area contributed by atoms with Crippen LogP contribution < -0.4 is 9.46 Å². The van der Waals surface area contributed by atoms with Gasteiger partial charge in [-0.1, -0.05) is 42.3 Å². The van der Waals surface area contributed by atoms with Gasteiger partial charge < -0.3 is 4.74 Å². The number of aryl methyl sites for hydroxylation is 1. The largest absolute Gasteiger partial charge is 0.496 e. The number of sulfonamides is 1. The van der Waals surface area contributed by atoms with Crippen molar-refractivity contribution in [2.24, 2.45) is 0 Å². The summed E-state index contributed by atoms with van der Waals surface area (Å²) in [5, 5.41) is 0.445. The summed E-state index contributed by atoms with van der Waals surface area (Å²) in [7, 11) is -2.20. The number of hydrogen-bond acceptors (Lipinski definition) is 3. The lowest BCUT2D eigenvalue weighted by molar-refractivity contribution is 0.411. The number of benzene rings is 2. The van der Waals surface area contributed by atoms with Gasteiger partial charge in [0.15, 0.2) is 0 Å². The van der Waals surface area contributed by atoms with Crippen LogP contribution in [0.1, 0.15) is 30.5 Å². The van der Waals surface area contributed by atoms with Crippen molar-refractivity contribution in [1.82, 2.24) is 4.72 Å². The van der Waals surface area contributed by atoms with Gasteiger partial charge in [0.1, 0.15) is 10.6 Å². The minimum Gasteiger partial charge on any atom is -0.496 e. The molecule has 0 radical (unpaired) electrons. The highest BCUT2D eigenvalue weighted by Gasteiger charge is 2.23. The molecule has 1 N–H and O–H groups in total. The van der Waals surface area contributed by atoms with Crippen molar-refractivity contribution in [3.63, 3.8) is 0 Å². The van der Waals surface area contributed by atoms with Crippen LogP contribution in [0.5, 0.6) is 5.75 Å². The van der Waals surface area contributed by atoms with Crippen LogP contribution in [0.4, 0.5) is 0 Å². The van der Waals surface area contributed by atoms with Crippen molar-refractivity contribution in [2.75, 3.05) is 7.11 Å². The number of halogens is 2. The molecule has 1 atom stereocenters. The first-order chi connectivity index (χ1) is 11.3. The first-order valence-electron chi connectivity index (χ1n) is 7.40. The average molecular weight is 388 g/mol. The Kier molecular flexibility index (Phi) is 6.15. The van der Waals surface area contributed by atoms with Crippen LogP contribution in [-0.4, -0.2) is 15.5 Å². The Bertz CT molecular complexity index is 838. The lowest BCUT2D eigenvalue weighted by atomic mass is 10.0. The molecule has 0 aliphatic carbocycles. The van der Waals surface area contributed by atoms with Gasteiger partial charge >= 0.3 is 0 Å². The van der Waals surface area contributed by atoms with Crippen molar-refractivity contribution in [3.8, 4) is 5.75 Å². The second-order valence-electron chi connectivity index (χ2n) is 5.39. The lowest BCUT2D eigenvalue weighted by Crippen LogP contribution is -2.28. The summed E-state index contributed by atoms with van der Waals surface area (Å²) in [5.74, 6) is 0.759. The zero-order valence-electron chi connectivity index (χ0n) is 13.6. The van der Waals surface area contributed by atoms with E-state index in [1.165, 1.54) is 12.1 Å². The van der Waals surface area contributed by atoms with Crippen LogP contribution in [0.2, 0.25) is 10.0 Å². The van der Waals surface area contributed by atoms with Gasteiger partial charge in [0.25, 0.3) is 0 Å². The fraction of sp³-hybridized carbons (Fsp3) is 0.294. The zero-order chi connectivity index (χ0) is 17.9. The van der Waals surface area contributed by atoms with E-state index >= 15 is 0 Å². The lowest BCUT2D eigenvalue weighted by Gasteiger charge is -2.19. The number of ether oxygens (including phenoxy) is 1. The molecule has 4 nitrogen and oxygen atoms in total. The number of methoxy groups -OCH3 is 1. The smallest absolute Gasteiger partial charge is 0.242 e. The molecule has 2 aromatic rings. The van der Waals surface area contributed by atoms with Gasteiger partial charge in [0.2, 0.25) is 10.0 Å². The normalized spacial score (nSPS) is 12.9. The molecular formula is C17H19Cl2NO3S. The van der Waals surface area contributed by atoms with E-state index in [-0.39, 0.29) is 16.0 Å². The van der Waals surface area contributed by atoms with E-state index < -0.39 is 10.0 Å². The highest BCUT2D eigenvalue weighted by Crippen LogP contribution is 2.29. The highest BCUT2D eigenvalue weighted by atomic mass is 35.5. The monoisotopic (exact) mass is 387 g/mol. The van der Waals surface area contributed by atoms with Crippen molar-refractivity contribution >= 4 is 33.2 Å². The number of nitrogens with one attached hydrogen (secondary N) is 1. The van der Waals surface area contributed by atoms with Crippen LogP contribution in [0.25, 0.3) is 0 Å². The van der Waals surface area contributed by atoms with Crippen molar-refractivity contribution in [2.45, 2.75) is 31.2 Å². The van der Waals surface area contributed by atoms with Gasteiger partial charge in [-0.3, -0.25) is 0 Å². The summed E-state index contributed by atoms with van der Waals surface area (Å²) in [4.78, 5) is -0.0275. The molecule has 0 aliphatic heterocycles. The van der Waals surface area contributed by atoms with Crippen LogP contribution >= 0.6 is 23.2 Å². The molecule has 130 valence electrons. The molecule has 0 aromatic heterocycles. The van der Waals surface area contributed by atoms with Gasteiger partial charge in [-0.05, 0) is 48.7 Å². The molecular weight excluding hydrogens is 369 g/mol. The van der Waals surface area contributed by atoms with Crippen LogP contribution in [0, 0.1) is 6.92 Å². The third-order valence-electron chi connectivity index (χ3n) is 3.71. The summed E-state index contributed by atoms with van der Waals surface area (Å²) in [6, 6.07) is 9.57. The van der Waals surface area contributed by atoms with E-state index in [1.54, 1.807) is 13.2 Å². The fourth-order valence-corrected chi connectivity index (χ4v) is 4.51. The van der Waals surface area contributed by atoms with Gasteiger partial charge in [-0.15, -0.1) is 0 Å². The Balaban J connectivity index is 2.35. The quantitative estimate of drug-likeness (QED) is 0.778. The predicted octanol–water partition coefficient (Wildman–Crippen LogP) is 4.74. The van der Waals surface area contributed by atoms with Gasteiger partial charge in [-0.2, -0.15) is 0 Å². The summed E-state index contributed by atoms with van der Waals surface area (Å²) >= 11 is 11.9. The van der Waals surface area contributed by atoms with E-state index in [4.69, 9.17) is 27.9 Å². The third kappa shape index (κ3) is 4.22. The minimum atomic E-state index is -3.80. The average Bonchev–Trinajstić information content (AvgIpc) is 2.54. The standard InChI is InChI=1S/C17H19Cl2NO3S/c1-4-15(12-5-8-16(23-3)11(2)9-12)20-24(21,22)17-10-13(18)6-7-14(17)19/h5-10,15,20H,4H2,1-3H3. The Hall–Kier alpha value is -1.27. The maximum atomic E-state index is 12.7. The Morgan fingerprint density at radius 2 is 1.88 bits per heavy atom. The topological polar surface area (TPSA) is 55.4 Å². The highest BCUT2D eigenvalue weighted by molar-refractivity contribution is 7.89. The zero-order valence-corrected chi connectivity index (χ0v) is 16.0.